The fraction of sp³-hybridized carbons (Fsp3) is 0.588. The third-order valence-electron chi connectivity index (χ3n) is 4.52. The number of halogens is 1. The van der Waals surface area contributed by atoms with E-state index in [0.29, 0.717) is 18.7 Å². The van der Waals surface area contributed by atoms with E-state index in [-0.39, 0.29) is 17.8 Å². The maximum Gasteiger partial charge on any atom is 0.227 e. The molecule has 0 radical (unpaired) electrons. The molecule has 2 aliphatic rings. The molecule has 120 valence electrons. The Hall–Kier alpha value is -1.62. The number of hydrogen-bond acceptors (Lipinski definition) is 3. The molecule has 1 amide bonds. The smallest absolute Gasteiger partial charge is 0.227 e. The van der Waals surface area contributed by atoms with E-state index in [0.717, 1.165) is 44.5 Å². The quantitative estimate of drug-likeness (QED) is 0.861. The van der Waals surface area contributed by atoms with Crippen LogP contribution in [0, 0.1) is 5.82 Å². The summed E-state index contributed by atoms with van der Waals surface area (Å²) in [6.07, 6.45) is 4.45. The van der Waals surface area contributed by atoms with E-state index in [4.69, 9.17) is 4.74 Å². The summed E-state index contributed by atoms with van der Waals surface area (Å²) in [5.74, 6) is -0.233. The van der Waals surface area contributed by atoms with Crippen molar-refractivity contribution in [2.45, 2.75) is 38.2 Å². The lowest BCUT2D eigenvalue weighted by Gasteiger charge is -2.25. The lowest BCUT2D eigenvalue weighted by atomic mass is 10.1. The predicted octanol–water partition coefficient (Wildman–Crippen LogP) is 2.96. The summed E-state index contributed by atoms with van der Waals surface area (Å²) in [5.41, 5.74) is 1.61. The average Bonchev–Trinajstić information content (AvgIpc) is 2.96. The molecule has 1 aromatic rings. The molecule has 1 saturated heterocycles. The third-order valence-corrected chi connectivity index (χ3v) is 4.52. The van der Waals surface area contributed by atoms with Crippen molar-refractivity contribution in [3.8, 4) is 0 Å². The fourth-order valence-electron chi connectivity index (χ4n) is 3.29. The highest BCUT2D eigenvalue weighted by molar-refractivity contribution is 5.97. The summed E-state index contributed by atoms with van der Waals surface area (Å²) in [6, 6.07) is 4.69. The predicted molar refractivity (Wildman–Crippen MR) is 84.8 cm³/mol. The molecule has 2 heterocycles. The van der Waals surface area contributed by atoms with Crippen molar-refractivity contribution in [2.75, 3.05) is 36.5 Å². The molecule has 0 N–H and O–H groups in total. The van der Waals surface area contributed by atoms with Crippen LogP contribution >= 0.6 is 0 Å². The number of anilines is 2. The van der Waals surface area contributed by atoms with E-state index >= 15 is 0 Å². The van der Waals surface area contributed by atoms with Crippen molar-refractivity contribution >= 4 is 17.3 Å². The van der Waals surface area contributed by atoms with Gasteiger partial charge in [0, 0.05) is 33.2 Å². The van der Waals surface area contributed by atoms with Gasteiger partial charge in [0.25, 0.3) is 0 Å². The van der Waals surface area contributed by atoms with Crippen LogP contribution in [0.25, 0.3) is 0 Å². The van der Waals surface area contributed by atoms with Gasteiger partial charge >= 0.3 is 0 Å². The van der Waals surface area contributed by atoms with Crippen LogP contribution in [0.4, 0.5) is 15.8 Å². The second-order valence-electron chi connectivity index (χ2n) is 6.13. The summed E-state index contributed by atoms with van der Waals surface area (Å²) in [6.45, 7) is 2.32. The third kappa shape index (κ3) is 3.24. The second kappa shape index (κ2) is 6.65. The largest absolute Gasteiger partial charge is 0.378 e. The van der Waals surface area contributed by atoms with Crippen LogP contribution in [0.5, 0.6) is 0 Å². The highest BCUT2D eigenvalue weighted by atomic mass is 19.1. The van der Waals surface area contributed by atoms with Gasteiger partial charge in [0.05, 0.1) is 17.5 Å². The zero-order valence-electron chi connectivity index (χ0n) is 13.1. The van der Waals surface area contributed by atoms with Gasteiger partial charge < -0.3 is 14.5 Å². The van der Waals surface area contributed by atoms with Crippen LogP contribution in [0.3, 0.4) is 0 Å². The first-order valence-corrected chi connectivity index (χ1v) is 8.08. The normalized spacial score (nSPS) is 21.6. The van der Waals surface area contributed by atoms with E-state index in [1.807, 2.05) is 7.05 Å². The van der Waals surface area contributed by atoms with E-state index in [1.165, 1.54) is 12.1 Å². The minimum absolute atomic E-state index is 0.0673. The number of amides is 1. The highest BCUT2D eigenvalue weighted by Crippen LogP contribution is 2.33. The van der Waals surface area contributed by atoms with Gasteiger partial charge in [-0.05, 0) is 43.9 Å². The van der Waals surface area contributed by atoms with Crippen molar-refractivity contribution in [1.82, 2.24) is 0 Å². The molecule has 4 nitrogen and oxygen atoms in total. The topological polar surface area (TPSA) is 32.8 Å². The lowest BCUT2D eigenvalue weighted by molar-refractivity contribution is -0.119. The van der Waals surface area contributed by atoms with E-state index in [9.17, 15) is 9.18 Å². The first-order valence-electron chi connectivity index (χ1n) is 8.08. The molecule has 0 saturated carbocycles. The van der Waals surface area contributed by atoms with Crippen LogP contribution in [0.15, 0.2) is 18.2 Å². The first-order chi connectivity index (χ1) is 10.6. The molecule has 0 unspecified atom stereocenters. The standard InChI is InChI=1S/C17H23FN2O2/c1-19-9-3-10-20(16-12-13(18)5-7-15(16)19)17(21)8-6-14-4-2-11-22-14/h5,7,12,14H,2-4,6,8-11H2,1H3/t14-/m0/s1. The molecule has 1 aromatic carbocycles. The molecule has 22 heavy (non-hydrogen) atoms. The Labute approximate surface area is 130 Å². The Balaban J connectivity index is 1.75. The number of fused-ring (bicyclic) bond motifs is 1. The van der Waals surface area contributed by atoms with Crippen LogP contribution in [-0.4, -0.2) is 38.8 Å². The van der Waals surface area contributed by atoms with Gasteiger partial charge in [0.1, 0.15) is 5.82 Å². The molecule has 1 atom stereocenters. The molecule has 0 aliphatic carbocycles. The van der Waals surface area contributed by atoms with Crippen molar-refractivity contribution in [3.63, 3.8) is 0 Å². The maximum absolute atomic E-state index is 13.6. The minimum Gasteiger partial charge on any atom is -0.378 e. The summed E-state index contributed by atoms with van der Waals surface area (Å²) in [7, 11) is 1.98. The van der Waals surface area contributed by atoms with Crippen LogP contribution in [0.1, 0.15) is 32.1 Å². The number of carbonyl (C=O) groups is 1. The Morgan fingerprint density at radius 3 is 2.95 bits per heavy atom. The maximum atomic E-state index is 13.6. The van der Waals surface area contributed by atoms with Gasteiger partial charge in [-0.15, -0.1) is 0 Å². The SMILES string of the molecule is CN1CCCN(C(=O)CC[C@@H]2CCCO2)c2cc(F)ccc21. The molecular formula is C17H23FN2O2. The van der Waals surface area contributed by atoms with Crippen molar-refractivity contribution in [3.05, 3.63) is 24.0 Å². The summed E-state index contributed by atoms with van der Waals surface area (Å²) in [4.78, 5) is 16.5. The molecule has 2 aliphatic heterocycles. The molecule has 1 fully saturated rings. The minimum atomic E-state index is -0.300. The Kier molecular flexibility index (Phi) is 4.62. The molecule has 5 heteroatoms. The Bertz CT molecular complexity index is 543. The van der Waals surface area contributed by atoms with Gasteiger partial charge in [0.2, 0.25) is 5.91 Å². The second-order valence-corrected chi connectivity index (χ2v) is 6.13. The van der Waals surface area contributed by atoms with Gasteiger partial charge in [0.15, 0.2) is 0 Å². The highest BCUT2D eigenvalue weighted by Gasteiger charge is 2.25. The number of hydrogen-bond donors (Lipinski definition) is 0. The van der Waals surface area contributed by atoms with E-state index < -0.39 is 0 Å². The molecule has 0 bridgehead atoms. The summed E-state index contributed by atoms with van der Waals surface area (Å²) >= 11 is 0. The fourth-order valence-corrected chi connectivity index (χ4v) is 3.29. The number of benzene rings is 1. The van der Waals surface area contributed by atoms with Gasteiger partial charge in [-0.3, -0.25) is 4.79 Å². The first kappa shape index (κ1) is 15.3. The van der Waals surface area contributed by atoms with E-state index in [1.54, 1.807) is 11.0 Å². The van der Waals surface area contributed by atoms with Crippen molar-refractivity contribution < 1.29 is 13.9 Å². The molecular weight excluding hydrogens is 283 g/mol. The molecule has 0 aromatic heterocycles. The Morgan fingerprint density at radius 2 is 2.18 bits per heavy atom. The van der Waals surface area contributed by atoms with Crippen LogP contribution in [0.2, 0.25) is 0 Å². The summed E-state index contributed by atoms with van der Waals surface area (Å²) in [5, 5.41) is 0. The number of carbonyl (C=O) groups excluding carboxylic acids is 1. The monoisotopic (exact) mass is 306 g/mol. The van der Waals surface area contributed by atoms with Crippen LogP contribution in [-0.2, 0) is 9.53 Å². The van der Waals surface area contributed by atoms with Crippen molar-refractivity contribution in [2.24, 2.45) is 0 Å². The van der Waals surface area contributed by atoms with Gasteiger partial charge in [-0.2, -0.15) is 0 Å². The van der Waals surface area contributed by atoms with Gasteiger partial charge in [-0.1, -0.05) is 0 Å². The van der Waals surface area contributed by atoms with Crippen LogP contribution < -0.4 is 9.80 Å². The molecule has 3 rings (SSSR count). The summed E-state index contributed by atoms with van der Waals surface area (Å²) < 4.78 is 19.2. The van der Waals surface area contributed by atoms with Gasteiger partial charge in [-0.25, -0.2) is 4.39 Å². The Morgan fingerprint density at radius 1 is 1.32 bits per heavy atom. The zero-order chi connectivity index (χ0) is 15.5. The lowest BCUT2D eigenvalue weighted by Crippen LogP contribution is -2.32. The number of rotatable bonds is 3. The number of nitrogens with zero attached hydrogens (tertiary/aromatic N) is 2. The average molecular weight is 306 g/mol. The zero-order valence-corrected chi connectivity index (χ0v) is 13.1. The van der Waals surface area contributed by atoms with E-state index in [2.05, 4.69) is 4.90 Å². The van der Waals surface area contributed by atoms with Crippen molar-refractivity contribution in [1.29, 1.82) is 0 Å². The molecule has 0 spiro atoms. The number of ether oxygens (including phenoxy) is 1.